The Kier molecular flexibility index (Phi) is 4.20. The first-order valence-electron chi connectivity index (χ1n) is 7.34. The summed E-state index contributed by atoms with van der Waals surface area (Å²) in [5.74, 6) is 0.993. The van der Waals surface area contributed by atoms with E-state index in [4.69, 9.17) is 10.2 Å². The van der Waals surface area contributed by atoms with Crippen molar-refractivity contribution >= 4 is 15.9 Å². The van der Waals surface area contributed by atoms with Crippen molar-refractivity contribution in [2.75, 3.05) is 13.6 Å². The lowest BCUT2D eigenvalue weighted by Gasteiger charge is -2.44. The van der Waals surface area contributed by atoms with E-state index < -0.39 is 0 Å². The number of fused-ring (bicyclic) bond motifs is 1. The zero-order valence-electron chi connectivity index (χ0n) is 12.3. The Morgan fingerprint density at radius 2 is 2.19 bits per heavy atom. The molecule has 0 aliphatic heterocycles. The Labute approximate surface area is 134 Å². The van der Waals surface area contributed by atoms with Gasteiger partial charge in [0.15, 0.2) is 0 Å². The molecule has 0 fully saturated rings. The molecule has 112 valence electrons. The number of furan rings is 1. The zero-order chi connectivity index (χ0) is 14.9. The molecule has 1 aromatic carbocycles. The number of hydrogen-bond donors (Lipinski definition) is 1. The Bertz CT molecular complexity index is 611. The van der Waals surface area contributed by atoms with Gasteiger partial charge < -0.3 is 10.2 Å². The van der Waals surface area contributed by atoms with Crippen molar-refractivity contribution in [3.8, 4) is 0 Å². The molecule has 1 atom stereocenters. The highest BCUT2D eigenvalue weighted by molar-refractivity contribution is 9.10. The van der Waals surface area contributed by atoms with Crippen LogP contribution in [0.25, 0.3) is 0 Å². The third-order valence-electron chi connectivity index (χ3n) is 4.71. The fourth-order valence-corrected chi connectivity index (χ4v) is 3.68. The maximum atomic E-state index is 6.17. The fourth-order valence-electron chi connectivity index (χ4n) is 3.27. The average Bonchev–Trinajstić information content (AvgIpc) is 2.99. The summed E-state index contributed by atoms with van der Waals surface area (Å²) in [4.78, 5) is 2.36. The molecule has 1 heterocycles. The number of hydrogen-bond acceptors (Lipinski definition) is 3. The minimum atomic E-state index is 0.0214. The molecule has 21 heavy (non-hydrogen) atoms. The maximum Gasteiger partial charge on any atom is 0.117 e. The van der Waals surface area contributed by atoms with Gasteiger partial charge in [0.25, 0.3) is 0 Å². The standard InChI is InChI=1S/C17H21BrN2O/c1-20(11-16-3-2-8-21-16)17(12-19)7-6-13-9-15(18)5-4-14(13)10-17/h2-5,8-9H,6-7,10-12,19H2,1H3. The summed E-state index contributed by atoms with van der Waals surface area (Å²) in [5.41, 5.74) is 9.06. The monoisotopic (exact) mass is 348 g/mol. The van der Waals surface area contributed by atoms with Crippen molar-refractivity contribution in [3.63, 3.8) is 0 Å². The lowest BCUT2D eigenvalue weighted by molar-refractivity contribution is 0.0934. The van der Waals surface area contributed by atoms with Gasteiger partial charge in [-0.2, -0.15) is 0 Å². The number of likely N-dealkylation sites (N-methyl/N-ethyl adjacent to an activating group) is 1. The van der Waals surface area contributed by atoms with Gasteiger partial charge in [-0.1, -0.05) is 22.0 Å². The van der Waals surface area contributed by atoms with Crippen LogP contribution in [0.15, 0.2) is 45.5 Å². The summed E-state index contributed by atoms with van der Waals surface area (Å²) in [5, 5.41) is 0. The molecular weight excluding hydrogens is 328 g/mol. The Hall–Kier alpha value is -1.10. The molecule has 2 aromatic rings. The highest BCUT2D eigenvalue weighted by Crippen LogP contribution is 2.34. The van der Waals surface area contributed by atoms with E-state index in [1.165, 1.54) is 11.1 Å². The Balaban J connectivity index is 1.83. The molecule has 3 rings (SSSR count). The smallest absolute Gasteiger partial charge is 0.117 e. The minimum Gasteiger partial charge on any atom is -0.468 e. The summed E-state index contributed by atoms with van der Waals surface area (Å²) >= 11 is 3.56. The van der Waals surface area contributed by atoms with Gasteiger partial charge in [-0.25, -0.2) is 0 Å². The summed E-state index contributed by atoms with van der Waals surface area (Å²) < 4.78 is 6.64. The van der Waals surface area contributed by atoms with E-state index in [0.29, 0.717) is 6.54 Å². The number of halogens is 1. The fraction of sp³-hybridized carbons (Fsp3) is 0.412. The molecule has 0 saturated carbocycles. The van der Waals surface area contributed by atoms with Crippen LogP contribution in [-0.2, 0) is 19.4 Å². The summed E-state index contributed by atoms with van der Waals surface area (Å²) in [6.45, 7) is 1.47. The van der Waals surface area contributed by atoms with Gasteiger partial charge in [-0.15, -0.1) is 0 Å². The molecule has 3 nitrogen and oxygen atoms in total. The van der Waals surface area contributed by atoms with Crippen LogP contribution >= 0.6 is 15.9 Å². The van der Waals surface area contributed by atoms with Crippen LogP contribution in [-0.4, -0.2) is 24.0 Å². The van der Waals surface area contributed by atoms with Crippen molar-refractivity contribution in [3.05, 3.63) is 58.0 Å². The number of aryl methyl sites for hydroxylation is 1. The van der Waals surface area contributed by atoms with Gasteiger partial charge in [-0.3, -0.25) is 4.90 Å². The molecule has 1 aliphatic carbocycles. The molecule has 0 bridgehead atoms. The third kappa shape index (κ3) is 2.93. The van der Waals surface area contributed by atoms with Gasteiger partial charge in [0.2, 0.25) is 0 Å². The van der Waals surface area contributed by atoms with Crippen LogP contribution in [0.4, 0.5) is 0 Å². The minimum absolute atomic E-state index is 0.0214. The Morgan fingerprint density at radius 1 is 1.33 bits per heavy atom. The number of nitrogens with two attached hydrogens (primary N) is 1. The summed E-state index contributed by atoms with van der Waals surface area (Å²) in [6, 6.07) is 10.5. The SMILES string of the molecule is CN(Cc1ccco1)C1(CN)CCc2cc(Br)ccc2C1. The molecule has 2 N–H and O–H groups in total. The number of nitrogens with zero attached hydrogens (tertiary/aromatic N) is 1. The van der Waals surface area contributed by atoms with Crippen molar-refractivity contribution in [2.24, 2.45) is 5.73 Å². The second-order valence-electron chi connectivity index (χ2n) is 5.95. The maximum absolute atomic E-state index is 6.17. The van der Waals surface area contributed by atoms with E-state index in [2.05, 4.69) is 46.1 Å². The van der Waals surface area contributed by atoms with Gasteiger partial charge in [0, 0.05) is 16.6 Å². The van der Waals surface area contributed by atoms with Crippen molar-refractivity contribution in [1.82, 2.24) is 4.90 Å². The molecule has 4 heteroatoms. The van der Waals surface area contributed by atoms with Gasteiger partial charge in [-0.05, 0) is 61.7 Å². The highest BCUT2D eigenvalue weighted by Gasteiger charge is 2.37. The molecule has 0 saturated heterocycles. The van der Waals surface area contributed by atoms with E-state index in [1.807, 2.05) is 12.1 Å². The predicted octanol–water partition coefficient (Wildman–Crippen LogP) is 3.36. The zero-order valence-corrected chi connectivity index (χ0v) is 13.9. The van der Waals surface area contributed by atoms with Crippen LogP contribution in [0.2, 0.25) is 0 Å². The van der Waals surface area contributed by atoms with Crippen molar-refractivity contribution < 1.29 is 4.42 Å². The lowest BCUT2D eigenvalue weighted by Crippen LogP contribution is -2.55. The first-order valence-corrected chi connectivity index (χ1v) is 8.13. The molecule has 1 unspecified atom stereocenters. The molecule has 1 aliphatic rings. The first-order chi connectivity index (χ1) is 10.1. The normalized spacial score (nSPS) is 21.5. The second-order valence-corrected chi connectivity index (χ2v) is 6.87. The van der Waals surface area contributed by atoms with E-state index >= 15 is 0 Å². The molecule has 1 aromatic heterocycles. The average molecular weight is 349 g/mol. The van der Waals surface area contributed by atoms with Crippen molar-refractivity contribution in [1.29, 1.82) is 0 Å². The van der Waals surface area contributed by atoms with Crippen LogP contribution in [0, 0.1) is 0 Å². The van der Waals surface area contributed by atoms with Crippen LogP contribution < -0.4 is 5.73 Å². The van der Waals surface area contributed by atoms with E-state index in [1.54, 1.807) is 6.26 Å². The third-order valence-corrected chi connectivity index (χ3v) is 5.20. The van der Waals surface area contributed by atoms with Crippen LogP contribution in [0.3, 0.4) is 0 Å². The molecule has 0 spiro atoms. The largest absolute Gasteiger partial charge is 0.468 e. The van der Waals surface area contributed by atoms with Crippen LogP contribution in [0.1, 0.15) is 23.3 Å². The van der Waals surface area contributed by atoms with Crippen molar-refractivity contribution in [2.45, 2.75) is 31.3 Å². The highest BCUT2D eigenvalue weighted by atomic mass is 79.9. The lowest BCUT2D eigenvalue weighted by atomic mass is 9.77. The van der Waals surface area contributed by atoms with Gasteiger partial charge >= 0.3 is 0 Å². The molecular formula is C17H21BrN2O. The Morgan fingerprint density at radius 3 is 2.90 bits per heavy atom. The number of benzene rings is 1. The topological polar surface area (TPSA) is 42.4 Å². The van der Waals surface area contributed by atoms with Gasteiger partial charge in [0.1, 0.15) is 5.76 Å². The molecule has 0 amide bonds. The first kappa shape index (κ1) is 14.8. The van der Waals surface area contributed by atoms with E-state index in [9.17, 15) is 0 Å². The summed E-state index contributed by atoms with van der Waals surface area (Å²) in [6.07, 6.45) is 4.90. The van der Waals surface area contributed by atoms with E-state index in [0.717, 1.165) is 36.0 Å². The van der Waals surface area contributed by atoms with E-state index in [-0.39, 0.29) is 5.54 Å². The quantitative estimate of drug-likeness (QED) is 0.920. The molecule has 0 radical (unpaired) electrons. The van der Waals surface area contributed by atoms with Gasteiger partial charge in [0.05, 0.1) is 12.8 Å². The predicted molar refractivity (Wildman–Crippen MR) is 88.1 cm³/mol. The van der Waals surface area contributed by atoms with Crippen LogP contribution in [0.5, 0.6) is 0 Å². The number of rotatable bonds is 4. The summed E-state index contributed by atoms with van der Waals surface area (Å²) in [7, 11) is 2.15. The second kappa shape index (κ2) is 5.95.